The topological polar surface area (TPSA) is 69.5 Å². The van der Waals surface area contributed by atoms with Crippen LogP contribution in [0.25, 0.3) is 11.0 Å². The van der Waals surface area contributed by atoms with Crippen molar-refractivity contribution in [3.05, 3.63) is 155 Å². The minimum Gasteiger partial charge on any atom is -0.471 e. The maximum absolute atomic E-state index is 12.3. The molecule has 0 N–H and O–H groups in total. The number of ether oxygens (including phenoxy) is 2. The molecule has 6 aromatic rings. The van der Waals surface area contributed by atoms with Crippen LogP contribution in [0.4, 0.5) is 5.95 Å². The zero-order valence-corrected chi connectivity index (χ0v) is 23.8. The molecule has 0 atom stereocenters. The molecular formula is C36H32N4O3. The predicted octanol–water partition coefficient (Wildman–Crippen LogP) is 7.20. The molecule has 0 spiro atoms. The number of benzene rings is 4. The van der Waals surface area contributed by atoms with Gasteiger partial charge in [0.15, 0.2) is 6.29 Å². The normalized spacial score (nSPS) is 11.0. The van der Waals surface area contributed by atoms with E-state index in [0.29, 0.717) is 54.7 Å². The van der Waals surface area contributed by atoms with Gasteiger partial charge in [0.2, 0.25) is 11.8 Å². The van der Waals surface area contributed by atoms with E-state index in [2.05, 4.69) is 29.2 Å². The van der Waals surface area contributed by atoms with Crippen LogP contribution in [0, 0.1) is 0 Å². The van der Waals surface area contributed by atoms with E-state index < -0.39 is 0 Å². The summed E-state index contributed by atoms with van der Waals surface area (Å²) >= 11 is 0. The molecule has 2 heterocycles. The van der Waals surface area contributed by atoms with Crippen molar-refractivity contribution in [2.45, 2.75) is 33.0 Å². The Balaban J connectivity index is 1.40. The van der Waals surface area contributed by atoms with E-state index in [-0.39, 0.29) is 6.73 Å². The third-order valence-electron chi connectivity index (χ3n) is 7.10. The third-order valence-corrected chi connectivity index (χ3v) is 7.10. The highest BCUT2D eigenvalue weighted by molar-refractivity contribution is 5.97. The van der Waals surface area contributed by atoms with Gasteiger partial charge in [-0.3, -0.25) is 4.79 Å². The van der Waals surface area contributed by atoms with Crippen molar-refractivity contribution in [1.82, 2.24) is 14.5 Å². The number of aromatic nitrogens is 3. The molecule has 2 aromatic heterocycles. The summed E-state index contributed by atoms with van der Waals surface area (Å²) in [7, 11) is 0. The standard InChI is InChI=1S/C36H32N4O3/c41-24-32-23-40(27-42-25-30-17-9-3-10-18-30)34-33(32)37-36(38-35(34)43-26-31-19-11-4-12-20-31)39(21-28-13-5-1-6-14-28)22-29-15-7-2-8-16-29/h1-20,23-24H,21-22,25-27H2. The van der Waals surface area contributed by atoms with Gasteiger partial charge in [0.25, 0.3) is 0 Å². The Bertz CT molecular complexity index is 1720. The molecule has 0 aliphatic rings. The lowest BCUT2D eigenvalue weighted by atomic mass is 10.2. The fraction of sp³-hybridized carbons (Fsp3) is 0.139. The van der Waals surface area contributed by atoms with Crippen LogP contribution in [0.5, 0.6) is 5.88 Å². The van der Waals surface area contributed by atoms with Crippen LogP contribution in [0.2, 0.25) is 0 Å². The highest BCUT2D eigenvalue weighted by atomic mass is 16.5. The van der Waals surface area contributed by atoms with Crippen molar-refractivity contribution in [2.75, 3.05) is 4.90 Å². The summed E-state index contributed by atoms with van der Waals surface area (Å²) in [6.07, 6.45) is 2.59. The second-order valence-corrected chi connectivity index (χ2v) is 10.3. The SMILES string of the molecule is O=Cc1cn(COCc2ccccc2)c2c(OCc3ccccc3)nc(N(Cc3ccccc3)Cc3ccccc3)nc12. The van der Waals surface area contributed by atoms with Gasteiger partial charge < -0.3 is 18.9 Å². The molecule has 43 heavy (non-hydrogen) atoms. The van der Waals surface area contributed by atoms with Gasteiger partial charge in [0.05, 0.1) is 12.2 Å². The van der Waals surface area contributed by atoms with Crippen molar-refractivity contribution in [3.63, 3.8) is 0 Å². The fourth-order valence-electron chi connectivity index (χ4n) is 4.97. The predicted molar refractivity (Wildman–Crippen MR) is 168 cm³/mol. The Labute approximate surface area is 251 Å². The summed E-state index contributed by atoms with van der Waals surface area (Å²) in [6.45, 7) is 2.11. The Morgan fingerprint density at radius 3 is 1.70 bits per heavy atom. The number of nitrogens with zero attached hydrogens (tertiary/aromatic N) is 4. The highest BCUT2D eigenvalue weighted by Crippen LogP contribution is 2.31. The largest absolute Gasteiger partial charge is 0.471 e. The quantitative estimate of drug-likeness (QED) is 0.137. The van der Waals surface area contributed by atoms with E-state index in [1.807, 2.05) is 102 Å². The monoisotopic (exact) mass is 568 g/mol. The van der Waals surface area contributed by atoms with Crippen LogP contribution in [0.1, 0.15) is 32.6 Å². The first-order valence-electron chi connectivity index (χ1n) is 14.2. The molecule has 7 heteroatoms. The van der Waals surface area contributed by atoms with Crippen molar-refractivity contribution in [1.29, 1.82) is 0 Å². The second-order valence-electron chi connectivity index (χ2n) is 10.3. The fourth-order valence-corrected chi connectivity index (χ4v) is 4.97. The first-order valence-corrected chi connectivity index (χ1v) is 14.2. The Morgan fingerprint density at radius 2 is 1.16 bits per heavy atom. The maximum atomic E-state index is 12.3. The summed E-state index contributed by atoms with van der Waals surface area (Å²) < 4.78 is 14.3. The average Bonchev–Trinajstić information content (AvgIpc) is 3.43. The Kier molecular flexibility index (Phi) is 8.81. The van der Waals surface area contributed by atoms with Crippen LogP contribution in [0.3, 0.4) is 0 Å². The lowest BCUT2D eigenvalue weighted by molar-refractivity contribution is 0.0663. The van der Waals surface area contributed by atoms with Gasteiger partial charge in [-0.1, -0.05) is 121 Å². The lowest BCUT2D eigenvalue weighted by Gasteiger charge is -2.24. The van der Waals surface area contributed by atoms with Crippen molar-refractivity contribution < 1.29 is 14.3 Å². The molecule has 0 fully saturated rings. The zero-order valence-electron chi connectivity index (χ0n) is 23.8. The third kappa shape index (κ3) is 6.97. The van der Waals surface area contributed by atoms with Crippen molar-refractivity contribution in [3.8, 4) is 5.88 Å². The number of carbonyl (C=O) groups excluding carboxylic acids is 1. The van der Waals surface area contributed by atoms with Gasteiger partial charge >= 0.3 is 0 Å². The minimum absolute atomic E-state index is 0.210. The van der Waals surface area contributed by atoms with Crippen molar-refractivity contribution >= 4 is 23.3 Å². The van der Waals surface area contributed by atoms with E-state index in [1.165, 1.54) is 0 Å². The molecular weight excluding hydrogens is 536 g/mol. The Hall–Kier alpha value is -5.27. The van der Waals surface area contributed by atoms with Crippen LogP contribution in [-0.2, 0) is 37.8 Å². The molecule has 6 rings (SSSR count). The van der Waals surface area contributed by atoms with E-state index in [9.17, 15) is 4.79 Å². The van der Waals surface area contributed by atoms with Crippen LogP contribution in [0.15, 0.2) is 128 Å². The van der Waals surface area contributed by atoms with Gasteiger partial charge in [0, 0.05) is 19.3 Å². The number of anilines is 1. The molecule has 0 saturated carbocycles. The first-order chi connectivity index (χ1) is 21.3. The number of hydrogen-bond acceptors (Lipinski definition) is 6. The zero-order chi connectivity index (χ0) is 29.3. The molecule has 0 amide bonds. The van der Waals surface area contributed by atoms with E-state index in [4.69, 9.17) is 19.4 Å². The van der Waals surface area contributed by atoms with Crippen LogP contribution in [-0.4, -0.2) is 20.8 Å². The van der Waals surface area contributed by atoms with Gasteiger partial charge in [-0.15, -0.1) is 0 Å². The van der Waals surface area contributed by atoms with Gasteiger partial charge in [-0.2, -0.15) is 4.98 Å². The molecule has 0 unspecified atom stereocenters. The Morgan fingerprint density at radius 1 is 0.651 bits per heavy atom. The van der Waals surface area contributed by atoms with E-state index in [0.717, 1.165) is 28.5 Å². The van der Waals surface area contributed by atoms with Gasteiger partial charge in [-0.05, 0) is 22.3 Å². The summed E-state index contributed by atoms with van der Waals surface area (Å²) in [5.74, 6) is 0.876. The molecule has 214 valence electrons. The summed E-state index contributed by atoms with van der Waals surface area (Å²) in [5, 5.41) is 0. The van der Waals surface area contributed by atoms with Crippen LogP contribution >= 0.6 is 0 Å². The summed E-state index contributed by atoms with van der Waals surface area (Å²) in [5.41, 5.74) is 5.91. The van der Waals surface area contributed by atoms with Gasteiger partial charge in [0.1, 0.15) is 24.4 Å². The first kappa shape index (κ1) is 27.9. The number of aldehydes is 1. The van der Waals surface area contributed by atoms with Crippen LogP contribution < -0.4 is 9.64 Å². The molecule has 0 saturated heterocycles. The molecule has 0 aliphatic carbocycles. The summed E-state index contributed by atoms with van der Waals surface area (Å²) in [6, 6.07) is 40.3. The number of hydrogen-bond donors (Lipinski definition) is 0. The smallest absolute Gasteiger partial charge is 0.243 e. The molecule has 0 aliphatic heterocycles. The minimum atomic E-state index is 0.210. The second kappa shape index (κ2) is 13.6. The van der Waals surface area contributed by atoms with Crippen molar-refractivity contribution in [2.24, 2.45) is 0 Å². The highest BCUT2D eigenvalue weighted by Gasteiger charge is 2.22. The average molecular weight is 569 g/mol. The maximum Gasteiger partial charge on any atom is 0.243 e. The van der Waals surface area contributed by atoms with E-state index >= 15 is 0 Å². The number of carbonyl (C=O) groups is 1. The number of fused-ring (bicyclic) bond motifs is 1. The lowest BCUT2D eigenvalue weighted by Crippen LogP contribution is -2.24. The molecule has 0 bridgehead atoms. The van der Waals surface area contributed by atoms with E-state index in [1.54, 1.807) is 6.20 Å². The summed E-state index contributed by atoms with van der Waals surface area (Å²) in [4.78, 5) is 24.4. The van der Waals surface area contributed by atoms with Gasteiger partial charge in [-0.25, -0.2) is 4.98 Å². The molecule has 4 aromatic carbocycles. The molecule has 0 radical (unpaired) electrons. The molecule has 7 nitrogen and oxygen atoms in total. The number of rotatable bonds is 13.